The second kappa shape index (κ2) is 9.98. The fraction of sp³-hybridized carbons (Fsp3) is 0.417. The number of sulfone groups is 1. The lowest BCUT2D eigenvalue weighted by Gasteiger charge is -2.14. The molecule has 36 heavy (non-hydrogen) atoms. The van der Waals surface area contributed by atoms with Gasteiger partial charge in [-0.25, -0.2) is 34.9 Å². The van der Waals surface area contributed by atoms with E-state index in [4.69, 9.17) is 0 Å². The van der Waals surface area contributed by atoms with Gasteiger partial charge in [-0.1, -0.05) is 18.2 Å². The number of sulfonamides is 1. The molecular formula is C24H27F2N3O5S2. The number of carbonyl (C=O) groups is 1. The third-order valence-corrected chi connectivity index (χ3v) is 10.4. The number of anilines is 1. The van der Waals surface area contributed by atoms with E-state index >= 15 is 0 Å². The van der Waals surface area contributed by atoms with E-state index in [2.05, 4.69) is 10.3 Å². The van der Waals surface area contributed by atoms with Gasteiger partial charge in [0.15, 0.2) is 9.84 Å². The van der Waals surface area contributed by atoms with Crippen LogP contribution in [0.3, 0.4) is 0 Å². The number of halogens is 2. The maximum Gasteiger partial charge on any atom is 0.257 e. The summed E-state index contributed by atoms with van der Waals surface area (Å²) in [5.41, 5.74) is 0.496. The molecule has 0 radical (unpaired) electrons. The number of carbonyl (C=O) groups excluding carboxylic acids is 1. The summed E-state index contributed by atoms with van der Waals surface area (Å²) in [5.74, 6) is -1.07. The monoisotopic (exact) mass is 539 g/mol. The van der Waals surface area contributed by atoms with E-state index in [9.17, 15) is 30.4 Å². The van der Waals surface area contributed by atoms with Crippen LogP contribution >= 0.6 is 0 Å². The molecule has 2 aromatic rings. The number of allylic oxidation sites excluding steroid dienone is 1. The highest BCUT2D eigenvalue weighted by Crippen LogP contribution is 2.36. The van der Waals surface area contributed by atoms with Crippen molar-refractivity contribution in [3.05, 3.63) is 54.2 Å². The lowest BCUT2D eigenvalue weighted by atomic mass is 9.98. The van der Waals surface area contributed by atoms with Crippen LogP contribution in [0.2, 0.25) is 0 Å². The van der Waals surface area contributed by atoms with Gasteiger partial charge in [0, 0.05) is 25.9 Å². The third kappa shape index (κ3) is 5.50. The molecule has 0 spiro atoms. The van der Waals surface area contributed by atoms with Crippen LogP contribution in [-0.4, -0.2) is 63.7 Å². The summed E-state index contributed by atoms with van der Waals surface area (Å²) in [6.45, 7) is 0. The summed E-state index contributed by atoms with van der Waals surface area (Å²) in [6, 6.07) is 8.48. The van der Waals surface area contributed by atoms with Gasteiger partial charge in [-0.3, -0.25) is 4.79 Å². The summed E-state index contributed by atoms with van der Waals surface area (Å²) in [5, 5.41) is 2.20. The molecule has 1 amide bonds. The van der Waals surface area contributed by atoms with Gasteiger partial charge in [-0.15, -0.1) is 0 Å². The van der Waals surface area contributed by atoms with Crippen LogP contribution in [0.15, 0.2) is 58.5 Å². The molecule has 2 atom stereocenters. The van der Waals surface area contributed by atoms with Crippen molar-refractivity contribution in [1.29, 1.82) is 0 Å². The first-order chi connectivity index (χ1) is 16.9. The number of hydrogen-bond acceptors (Lipinski definition) is 6. The topological polar surface area (TPSA) is 114 Å². The number of nitrogens with one attached hydrogen (secondary N) is 1. The van der Waals surface area contributed by atoms with Crippen LogP contribution in [0.4, 0.5) is 14.6 Å². The van der Waals surface area contributed by atoms with E-state index in [0.29, 0.717) is 18.4 Å². The van der Waals surface area contributed by atoms with Gasteiger partial charge in [0.2, 0.25) is 10.0 Å². The first kappa shape index (κ1) is 26.4. The molecule has 0 bridgehead atoms. The minimum atomic E-state index is -3.70. The van der Waals surface area contributed by atoms with Crippen molar-refractivity contribution >= 4 is 37.2 Å². The maximum atomic E-state index is 13.8. The first-order valence-electron chi connectivity index (χ1n) is 11.4. The minimum Gasteiger partial charge on any atom is -0.307 e. The molecule has 2 aliphatic rings. The van der Waals surface area contributed by atoms with Crippen LogP contribution in [-0.2, 0) is 24.7 Å². The van der Waals surface area contributed by atoms with Crippen molar-refractivity contribution in [3.63, 3.8) is 0 Å². The van der Waals surface area contributed by atoms with Gasteiger partial charge >= 0.3 is 0 Å². The number of nitrogens with zero attached hydrogens (tertiary/aromatic N) is 2. The summed E-state index contributed by atoms with van der Waals surface area (Å²) in [4.78, 5) is 17.3. The van der Waals surface area contributed by atoms with E-state index < -0.39 is 44.0 Å². The van der Waals surface area contributed by atoms with E-state index in [-0.39, 0.29) is 39.3 Å². The molecule has 2 saturated carbocycles. The Morgan fingerprint density at radius 3 is 2.06 bits per heavy atom. The Hall–Kier alpha value is -2.70. The molecule has 12 heteroatoms. The number of hydrogen-bond donors (Lipinski definition) is 1. The van der Waals surface area contributed by atoms with E-state index in [0.717, 1.165) is 10.5 Å². The Morgan fingerprint density at radius 2 is 1.56 bits per heavy atom. The van der Waals surface area contributed by atoms with Crippen molar-refractivity contribution in [2.24, 2.45) is 5.92 Å². The number of pyridine rings is 1. The van der Waals surface area contributed by atoms with Crippen molar-refractivity contribution in [2.75, 3.05) is 19.4 Å². The van der Waals surface area contributed by atoms with Gasteiger partial charge in [-0.05, 0) is 61.4 Å². The fourth-order valence-electron chi connectivity index (χ4n) is 4.04. The Morgan fingerprint density at radius 1 is 0.972 bits per heavy atom. The lowest BCUT2D eigenvalue weighted by Crippen LogP contribution is -2.22. The third-order valence-electron chi connectivity index (χ3n) is 6.31. The normalized spacial score (nSPS) is 23.1. The molecule has 194 valence electrons. The number of benzene rings is 1. The molecule has 2 aliphatic carbocycles. The van der Waals surface area contributed by atoms with Gasteiger partial charge in [-0.2, -0.15) is 0 Å². The van der Waals surface area contributed by atoms with Gasteiger partial charge < -0.3 is 5.32 Å². The largest absolute Gasteiger partial charge is 0.307 e. The minimum absolute atomic E-state index is 0.0531. The molecule has 4 rings (SSSR count). The average Bonchev–Trinajstić information content (AvgIpc) is 3.64. The Balaban J connectivity index is 1.61. The van der Waals surface area contributed by atoms with Crippen LogP contribution in [0.25, 0.3) is 5.57 Å². The van der Waals surface area contributed by atoms with E-state index in [1.54, 1.807) is 0 Å². The van der Waals surface area contributed by atoms with Crippen LogP contribution in [0, 0.1) is 5.92 Å². The van der Waals surface area contributed by atoms with Crippen LogP contribution in [0.1, 0.15) is 31.2 Å². The zero-order valence-electron chi connectivity index (χ0n) is 19.8. The molecule has 1 aromatic heterocycles. The average molecular weight is 540 g/mol. The first-order valence-corrected chi connectivity index (χ1v) is 14.4. The Labute approximate surface area is 209 Å². The quantitative estimate of drug-likeness (QED) is 0.515. The summed E-state index contributed by atoms with van der Waals surface area (Å²) < 4.78 is 78.1. The molecular weight excluding hydrogens is 512 g/mol. The number of rotatable bonds is 8. The van der Waals surface area contributed by atoms with E-state index in [1.807, 2.05) is 0 Å². The highest BCUT2D eigenvalue weighted by molar-refractivity contribution is 7.92. The summed E-state index contributed by atoms with van der Waals surface area (Å²) >= 11 is 0. The molecule has 1 N–H and O–H groups in total. The van der Waals surface area contributed by atoms with Gasteiger partial charge in [0.1, 0.15) is 23.1 Å². The predicted octanol–water partition coefficient (Wildman–Crippen LogP) is 3.38. The van der Waals surface area contributed by atoms with Crippen molar-refractivity contribution in [1.82, 2.24) is 9.29 Å². The standard InChI is InChI=1S/C24H27F2N3O5S2/c1-29(2)36(33,34)19-9-10-23(27-14-19)28-24(30)20(11-15-12-21(25)22(26)13-15)16-3-5-17(6-4-16)35(31,32)18-7-8-18/h3-6,9-11,14-15,18,21-22H,7-8,12-13H2,1-2H3,(H,27,28,30)/b20-11+. The van der Waals surface area contributed by atoms with Crippen LogP contribution < -0.4 is 5.32 Å². The Bertz CT molecular complexity index is 1360. The van der Waals surface area contributed by atoms with Crippen molar-refractivity contribution < 1.29 is 30.4 Å². The predicted molar refractivity (Wildman–Crippen MR) is 131 cm³/mol. The second-order valence-electron chi connectivity index (χ2n) is 9.23. The number of amides is 1. The summed E-state index contributed by atoms with van der Waals surface area (Å²) in [7, 11) is -4.35. The van der Waals surface area contributed by atoms with E-state index in [1.165, 1.54) is 56.6 Å². The molecule has 0 saturated heterocycles. The Kier molecular flexibility index (Phi) is 7.31. The molecule has 1 aromatic carbocycles. The zero-order chi connectivity index (χ0) is 26.3. The smallest absolute Gasteiger partial charge is 0.257 e. The molecule has 0 aliphatic heterocycles. The molecule has 2 fully saturated rings. The van der Waals surface area contributed by atoms with Gasteiger partial charge in [0.25, 0.3) is 5.91 Å². The highest BCUT2D eigenvalue weighted by atomic mass is 32.2. The zero-order valence-corrected chi connectivity index (χ0v) is 21.4. The maximum absolute atomic E-state index is 13.8. The SMILES string of the molecule is CN(C)S(=O)(=O)c1ccc(NC(=O)/C(=C/C2CC(F)C(F)C2)c2ccc(S(=O)(=O)C3CC3)cc2)nc1. The lowest BCUT2D eigenvalue weighted by molar-refractivity contribution is -0.111. The molecule has 8 nitrogen and oxygen atoms in total. The van der Waals surface area contributed by atoms with Crippen molar-refractivity contribution in [3.8, 4) is 0 Å². The number of aromatic nitrogens is 1. The second-order valence-corrected chi connectivity index (χ2v) is 13.6. The van der Waals surface area contributed by atoms with Crippen molar-refractivity contribution in [2.45, 2.75) is 53.1 Å². The number of alkyl halides is 2. The highest BCUT2D eigenvalue weighted by Gasteiger charge is 2.37. The van der Waals surface area contributed by atoms with Crippen LogP contribution in [0.5, 0.6) is 0 Å². The molecule has 2 unspecified atom stereocenters. The van der Waals surface area contributed by atoms with Gasteiger partial charge in [0.05, 0.1) is 10.1 Å². The fourth-order valence-corrected chi connectivity index (χ4v) is 6.55. The molecule has 1 heterocycles. The summed E-state index contributed by atoms with van der Waals surface area (Å²) in [6.07, 6.45) is 0.485.